The number of nitrogens with one attached hydrogen (secondary N) is 1. The van der Waals surface area contributed by atoms with Gasteiger partial charge >= 0.3 is 0 Å². The molecule has 2 rings (SSSR count). The molecule has 1 aliphatic rings. The van der Waals surface area contributed by atoms with Crippen molar-refractivity contribution in [2.45, 2.75) is 51.0 Å². The van der Waals surface area contributed by atoms with Gasteiger partial charge in [0, 0.05) is 18.2 Å². The fraction of sp³-hybridized carbons (Fsp3) is 0.588. The van der Waals surface area contributed by atoms with Crippen LogP contribution in [0.1, 0.15) is 44.1 Å². The molecule has 0 spiro atoms. The number of rotatable bonds is 6. The Morgan fingerprint density at radius 2 is 1.95 bits per heavy atom. The third-order valence-electron chi connectivity index (χ3n) is 4.35. The molecule has 0 radical (unpaired) electrons. The molecule has 4 nitrogen and oxygen atoms in total. The Morgan fingerprint density at radius 3 is 2.62 bits per heavy atom. The van der Waals surface area contributed by atoms with Crippen LogP contribution in [-0.4, -0.2) is 28.8 Å². The van der Waals surface area contributed by atoms with E-state index in [4.69, 9.17) is 0 Å². The number of phenols is 1. The number of carbonyl (C=O) groups excluding carboxylic acids is 1. The van der Waals surface area contributed by atoms with Crippen LogP contribution in [0.3, 0.4) is 0 Å². The Morgan fingerprint density at radius 1 is 1.24 bits per heavy atom. The van der Waals surface area contributed by atoms with Crippen molar-refractivity contribution in [1.29, 1.82) is 0 Å². The van der Waals surface area contributed by atoms with Crippen LogP contribution in [0.15, 0.2) is 24.3 Å². The maximum absolute atomic E-state index is 12.2. The van der Waals surface area contributed by atoms with Crippen LogP contribution in [0, 0.1) is 5.92 Å². The van der Waals surface area contributed by atoms with Crippen LogP contribution in [0.25, 0.3) is 0 Å². The standard InChI is InChI=1S/C17H25NO3/c19-11-10-15(13-6-2-1-3-7-13)18-17(21)12-14-8-4-5-9-16(14)20/h4-5,8-9,13,15,19-20H,1-3,6-7,10-12H2,(H,18,21). The van der Waals surface area contributed by atoms with Crippen LogP contribution < -0.4 is 5.32 Å². The molecule has 1 fully saturated rings. The Bertz CT molecular complexity index is 455. The number of carbonyl (C=O) groups is 1. The van der Waals surface area contributed by atoms with Gasteiger partial charge in [-0.25, -0.2) is 0 Å². The Hall–Kier alpha value is -1.55. The van der Waals surface area contributed by atoms with Gasteiger partial charge in [-0.2, -0.15) is 0 Å². The summed E-state index contributed by atoms with van der Waals surface area (Å²) in [4.78, 5) is 12.2. The van der Waals surface area contributed by atoms with Crippen molar-refractivity contribution < 1.29 is 15.0 Å². The number of hydrogen-bond acceptors (Lipinski definition) is 3. The fourth-order valence-electron chi connectivity index (χ4n) is 3.19. The molecular formula is C17H25NO3. The van der Waals surface area contributed by atoms with Gasteiger partial charge in [0.05, 0.1) is 6.42 Å². The molecule has 116 valence electrons. The maximum Gasteiger partial charge on any atom is 0.224 e. The first-order valence-electron chi connectivity index (χ1n) is 7.88. The molecule has 21 heavy (non-hydrogen) atoms. The highest BCUT2D eigenvalue weighted by molar-refractivity contribution is 5.79. The average Bonchev–Trinajstić information content (AvgIpc) is 2.50. The van der Waals surface area contributed by atoms with Crippen molar-refractivity contribution in [3.8, 4) is 5.75 Å². The van der Waals surface area contributed by atoms with Gasteiger partial charge in [0.2, 0.25) is 5.91 Å². The van der Waals surface area contributed by atoms with Crippen LogP contribution in [0.4, 0.5) is 0 Å². The molecule has 1 saturated carbocycles. The minimum atomic E-state index is -0.0828. The second-order valence-corrected chi connectivity index (χ2v) is 5.89. The molecule has 1 aromatic carbocycles. The monoisotopic (exact) mass is 291 g/mol. The lowest BCUT2D eigenvalue weighted by Crippen LogP contribution is -2.42. The SMILES string of the molecule is O=C(Cc1ccccc1O)NC(CCO)C1CCCCC1. The van der Waals surface area contributed by atoms with Gasteiger partial charge in [-0.1, -0.05) is 37.5 Å². The van der Waals surface area contributed by atoms with E-state index in [1.54, 1.807) is 18.2 Å². The summed E-state index contributed by atoms with van der Waals surface area (Å²) in [6.45, 7) is 0.0953. The fourth-order valence-corrected chi connectivity index (χ4v) is 3.19. The molecule has 0 heterocycles. The molecule has 4 heteroatoms. The third-order valence-corrected chi connectivity index (χ3v) is 4.35. The lowest BCUT2D eigenvalue weighted by Gasteiger charge is -2.30. The van der Waals surface area contributed by atoms with Gasteiger partial charge in [-0.05, 0) is 31.2 Å². The highest BCUT2D eigenvalue weighted by atomic mass is 16.3. The first-order valence-corrected chi connectivity index (χ1v) is 7.88. The van der Waals surface area contributed by atoms with Crippen LogP contribution >= 0.6 is 0 Å². The van der Waals surface area contributed by atoms with Crippen molar-refractivity contribution in [3.05, 3.63) is 29.8 Å². The molecule has 1 unspecified atom stereocenters. The van der Waals surface area contributed by atoms with Gasteiger partial charge in [-0.3, -0.25) is 4.79 Å². The van der Waals surface area contributed by atoms with Gasteiger partial charge < -0.3 is 15.5 Å². The summed E-state index contributed by atoms with van der Waals surface area (Å²) in [5, 5.41) is 22.0. The zero-order chi connectivity index (χ0) is 15.1. The summed E-state index contributed by atoms with van der Waals surface area (Å²) in [6, 6.07) is 6.96. The summed E-state index contributed by atoms with van der Waals surface area (Å²) in [6.07, 6.45) is 6.74. The Balaban J connectivity index is 1.93. The molecule has 1 amide bonds. The number of para-hydroxylation sites is 1. The first-order chi connectivity index (χ1) is 10.2. The van der Waals surface area contributed by atoms with Gasteiger partial charge in [0.1, 0.15) is 5.75 Å². The van der Waals surface area contributed by atoms with Crippen LogP contribution in [0.2, 0.25) is 0 Å². The van der Waals surface area contributed by atoms with E-state index in [1.807, 2.05) is 6.07 Å². The van der Waals surface area contributed by atoms with E-state index < -0.39 is 0 Å². The molecule has 0 bridgehead atoms. The molecule has 3 N–H and O–H groups in total. The smallest absolute Gasteiger partial charge is 0.224 e. The van der Waals surface area contributed by atoms with Crippen molar-refractivity contribution in [2.75, 3.05) is 6.61 Å². The normalized spacial score (nSPS) is 17.4. The van der Waals surface area contributed by atoms with E-state index in [-0.39, 0.29) is 30.7 Å². The summed E-state index contributed by atoms with van der Waals surface area (Å²) in [5.41, 5.74) is 0.640. The molecule has 0 saturated heterocycles. The van der Waals surface area contributed by atoms with E-state index in [0.29, 0.717) is 17.9 Å². The largest absolute Gasteiger partial charge is 0.508 e. The van der Waals surface area contributed by atoms with Crippen molar-refractivity contribution >= 4 is 5.91 Å². The minimum Gasteiger partial charge on any atom is -0.508 e. The van der Waals surface area contributed by atoms with E-state index in [1.165, 1.54) is 19.3 Å². The maximum atomic E-state index is 12.2. The van der Waals surface area contributed by atoms with E-state index in [0.717, 1.165) is 12.8 Å². The van der Waals surface area contributed by atoms with Crippen molar-refractivity contribution in [2.24, 2.45) is 5.92 Å². The lowest BCUT2D eigenvalue weighted by molar-refractivity contribution is -0.121. The van der Waals surface area contributed by atoms with Gasteiger partial charge in [0.25, 0.3) is 0 Å². The van der Waals surface area contributed by atoms with Crippen LogP contribution in [0.5, 0.6) is 5.75 Å². The highest BCUT2D eigenvalue weighted by Crippen LogP contribution is 2.28. The van der Waals surface area contributed by atoms with Gasteiger partial charge in [0.15, 0.2) is 0 Å². The number of aromatic hydroxyl groups is 1. The van der Waals surface area contributed by atoms with Crippen LogP contribution in [-0.2, 0) is 11.2 Å². The van der Waals surface area contributed by atoms with Crippen molar-refractivity contribution in [3.63, 3.8) is 0 Å². The van der Waals surface area contributed by atoms with E-state index in [9.17, 15) is 15.0 Å². The molecule has 0 aliphatic heterocycles. The Kier molecular flexibility index (Phi) is 6.05. The number of amides is 1. The third kappa shape index (κ3) is 4.74. The quantitative estimate of drug-likeness (QED) is 0.753. The number of aliphatic hydroxyl groups excluding tert-OH is 1. The summed E-state index contributed by atoms with van der Waals surface area (Å²) in [5.74, 6) is 0.545. The predicted octanol–water partition coefficient (Wildman–Crippen LogP) is 2.38. The molecule has 0 aromatic heterocycles. The number of hydrogen-bond donors (Lipinski definition) is 3. The summed E-state index contributed by atoms with van der Waals surface area (Å²) >= 11 is 0. The van der Waals surface area contributed by atoms with E-state index in [2.05, 4.69) is 5.32 Å². The second kappa shape index (κ2) is 8.03. The second-order valence-electron chi connectivity index (χ2n) is 5.89. The zero-order valence-corrected chi connectivity index (χ0v) is 12.4. The minimum absolute atomic E-state index is 0.0497. The molecular weight excluding hydrogens is 266 g/mol. The number of benzene rings is 1. The summed E-state index contributed by atoms with van der Waals surface area (Å²) in [7, 11) is 0. The highest BCUT2D eigenvalue weighted by Gasteiger charge is 2.24. The lowest BCUT2D eigenvalue weighted by atomic mass is 9.82. The number of aliphatic hydroxyl groups is 1. The van der Waals surface area contributed by atoms with E-state index >= 15 is 0 Å². The first kappa shape index (κ1) is 15.8. The molecule has 1 aromatic rings. The average molecular weight is 291 g/mol. The Labute approximate surface area is 126 Å². The molecule has 1 atom stereocenters. The van der Waals surface area contributed by atoms with Crippen molar-refractivity contribution in [1.82, 2.24) is 5.32 Å². The predicted molar refractivity (Wildman–Crippen MR) is 82.0 cm³/mol. The topological polar surface area (TPSA) is 69.6 Å². The number of phenolic OH excluding ortho intramolecular Hbond substituents is 1. The summed E-state index contributed by atoms with van der Waals surface area (Å²) < 4.78 is 0. The molecule has 1 aliphatic carbocycles. The zero-order valence-electron chi connectivity index (χ0n) is 12.4. The van der Waals surface area contributed by atoms with Gasteiger partial charge in [-0.15, -0.1) is 0 Å².